The molecule has 0 spiro atoms. The van der Waals surface area contributed by atoms with Crippen LogP contribution in [0.4, 0.5) is 4.79 Å². The molecule has 216 valence electrons. The third-order valence-corrected chi connectivity index (χ3v) is 6.10. The molecule has 0 saturated carbocycles. The number of hydrogen-bond donors (Lipinski definition) is 2. The summed E-state index contributed by atoms with van der Waals surface area (Å²) >= 11 is 6.47. The quantitative estimate of drug-likeness (QED) is 0.250. The number of carbonyl (C=O) groups is 4. The number of ether oxygens (including phenoxy) is 2. The first-order valence-electron chi connectivity index (χ1n) is 12.7. The predicted octanol–water partition coefficient (Wildman–Crippen LogP) is 4.18. The Labute approximate surface area is 240 Å². The normalized spacial score (nSPS) is 13.6. The number of carbonyl (C=O) groups excluding carboxylic acids is 3. The molecule has 41 heavy (non-hydrogen) atoms. The van der Waals surface area contributed by atoms with Gasteiger partial charge in [-0.3, -0.25) is 14.3 Å². The van der Waals surface area contributed by atoms with Crippen molar-refractivity contribution >= 4 is 35.5 Å². The average Bonchev–Trinajstić information content (AvgIpc) is 3.46. The summed E-state index contributed by atoms with van der Waals surface area (Å²) in [5, 5.41) is 17.4. The van der Waals surface area contributed by atoms with E-state index in [4.69, 9.17) is 25.9 Å². The maximum atomic E-state index is 12.5. The summed E-state index contributed by atoms with van der Waals surface area (Å²) in [6, 6.07) is 10.9. The molecular weight excluding hydrogens is 556 g/mol. The van der Waals surface area contributed by atoms with Crippen molar-refractivity contribution in [2.75, 3.05) is 13.2 Å². The fraction of sp³-hybridized carbons (Fsp3) is 0.321. The number of benzene rings is 2. The van der Waals surface area contributed by atoms with Crippen molar-refractivity contribution in [1.29, 1.82) is 0 Å². The lowest BCUT2D eigenvalue weighted by Gasteiger charge is -2.19. The molecule has 1 unspecified atom stereocenters. The Morgan fingerprint density at radius 2 is 1.76 bits per heavy atom. The van der Waals surface area contributed by atoms with Crippen molar-refractivity contribution in [2.24, 2.45) is 0 Å². The van der Waals surface area contributed by atoms with Gasteiger partial charge in [0.15, 0.2) is 0 Å². The van der Waals surface area contributed by atoms with Crippen LogP contribution >= 0.6 is 11.6 Å². The van der Waals surface area contributed by atoms with Crippen molar-refractivity contribution < 1.29 is 38.6 Å². The number of hydroxylamine groups is 2. The molecule has 0 bridgehead atoms. The monoisotopic (exact) mass is 584 g/mol. The topological polar surface area (TPSA) is 149 Å². The SMILES string of the molecule is CC(C)(C)OC(=O)NCCCn1cc(-c2ccc(OCC(ON3C(=O)c4ccccc4C3=O)C(=O)O)cc2Cl)cn1. The molecule has 2 N–H and O–H groups in total. The van der Waals surface area contributed by atoms with Crippen LogP contribution in [0.5, 0.6) is 5.75 Å². The summed E-state index contributed by atoms with van der Waals surface area (Å²) in [6.07, 6.45) is 1.98. The Morgan fingerprint density at radius 3 is 2.37 bits per heavy atom. The van der Waals surface area contributed by atoms with E-state index >= 15 is 0 Å². The highest BCUT2D eigenvalue weighted by Crippen LogP contribution is 2.31. The second-order valence-electron chi connectivity index (χ2n) is 10.1. The number of fused-ring (bicyclic) bond motifs is 1. The number of carboxylic acids is 1. The molecule has 0 saturated heterocycles. The number of halogens is 1. The number of aryl methyl sites for hydroxylation is 1. The van der Waals surface area contributed by atoms with Crippen molar-refractivity contribution in [1.82, 2.24) is 20.2 Å². The van der Waals surface area contributed by atoms with Crippen molar-refractivity contribution in [2.45, 2.75) is 45.4 Å². The third kappa shape index (κ3) is 7.41. The molecule has 0 radical (unpaired) electrons. The first-order chi connectivity index (χ1) is 19.4. The second-order valence-corrected chi connectivity index (χ2v) is 10.5. The van der Waals surface area contributed by atoms with Crippen LogP contribution in [-0.4, -0.2) is 68.7 Å². The van der Waals surface area contributed by atoms with Gasteiger partial charge in [-0.15, -0.1) is 5.06 Å². The number of aliphatic carboxylic acids is 1. The van der Waals surface area contributed by atoms with E-state index < -0.39 is 42.2 Å². The number of aromatic nitrogens is 2. The van der Waals surface area contributed by atoms with Gasteiger partial charge < -0.3 is 19.9 Å². The third-order valence-electron chi connectivity index (χ3n) is 5.78. The fourth-order valence-corrected chi connectivity index (χ4v) is 4.18. The van der Waals surface area contributed by atoms with Gasteiger partial charge in [0.05, 0.1) is 22.3 Å². The van der Waals surface area contributed by atoms with Gasteiger partial charge in [-0.1, -0.05) is 23.7 Å². The van der Waals surface area contributed by atoms with Crippen molar-refractivity contribution in [3.63, 3.8) is 0 Å². The average molecular weight is 585 g/mol. The lowest BCUT2D eigenvalue weighted by molar-refractivity contribution is -0.178. The van der Waals surface area contributed by atoms with Crippen LogP contribution in [-0.2, 0) is 20.9 Å². The van der Waals surface area contributed by atoms with Crippen LogP contribution in [0.2, 0.25) is 5.02 Å². The van der Waals surface area contributed by atoms with Gasteiger partial charge in [0, 0.05) is 30.4 Å². The van der Waals surface area contributed by atoms with E-state index in [9.17, 15) is 24.3 Å². The summed E-state index contributed by atoms with van der Waals surface area (Å²) in [5.74, 6) is -2.65. The molecule has 1 aromatic heterocycles. The molecule has 12 nitrogen and oxygen atoms in total. The summed E-state index contributed by atoms with van der Waals surface area (Å²) in [5.41, 5.74) is 1.12. The molecule has 1 aliphatic heterocycles. The molecule has 4 rings (SSSR count). The lowest BCUT2D eigenvalue weighted by Crippen LogP contribution is -2.41. The summed E-state index contributed by atoms with van der Waals surface area (Å²) in [4.78, 5) is 53.8. The smallest absolute Gasteiger partial charge is 0.407 e. The molecule has 1 aliphatic rings. The standard InChI is InChI=1S/C28H29ClN4O8/c1-28(2,3)40-27(38)30-11-6-12-32-15-17(14-31-32)19-10-9-18(13-22(19)29)39-16-23(26(36)37)41-33-24(34)20-7-4-5-8-21(20)25(33)35/h4-5,7-10,13-15,23H,6,11-12,16H2,1-3H3,(H,30,38)(H,36,37). The van der Waals surface area contributed by atoms with Crippen LogP contribution < -0.4 is 10.1 Å². The maximum absolute atomic E-state index is 12.5. The molecule has 13 heteroatoms. The number of rotatable bonds is 11. The Bertz CT molecular complexity index is 1430. The number of alkyl carbamates (subject to hydrolysis) is 1. The van der Waals surface area contributed by atoms with Crippen molar-refractivity contribution in [3.05, 3.63) is 71.0 Å². The Kier molecular flexibility index (Phi) is 8.94. The Morgan fingerprint density at radius 1 is 1.07 bits per heavy atom. The zero-order chi connectivity index (χ0) is 29.7. The van der Waals surface area contributed by atoms with E-state index in [2.05, 4.69) is 10.4 Å². The van der Waals surface area contributed by atoms with Crippen LogP contribution in [0, 0.1) is 0 Å². The largest absolute Gasteiger partial charge is 0.490 e. The van der Waals surface area contributed by atoms with Gasteiger partial charge in [0.25, 0.3) is 11.8 Å². The molecule has 0 fully saturated rings. The number of nitrogens with one attached hydrogen (secondary N) is 1. The van der Waals surface area contributed by atoms with E-state index in [1.54, 1.807) is 55.9 Å². The Balaban J connectivity index is 1.31. The van der Waals surface area contributed by atoms with E-state index in [1.165, 1.54) is 18.2 Å². The summed E-state index contributed by atoms with van der Waals surface area (Å²) in [7, 11) is 0. The Hall–Kier alpha value is -4.42. The first kappa shape index (κ1) is 29.6. The molecule has 0 aliphatic carbocycles. The van der Waals surface area contributed by atoms with Gasteiger partial charge in [0.1, 0.15) is 18.0 Å². The summed E-state index contributed by atoms with van der Waals surface area (Å²) < 4.78 is 12.5. The number of nitrogens with zero attached hydrogens (tertiary/aromatic N) is 3. The molecular formula is C28H29ClN4O8. The maximum Gasteiger partial charge on any atom is 0.407 e. The van der Waals surface area contributed by atoms with E-state index in [0.29, 0.717) is 35.2 Å². The van der Waals surface area contributed by atoms with Crippen LogP contribution in [0.25, 0.3) is 11.1 Å². The lowest BCUT2D eigenvalue weighted by atomic mass is 10.1. The fourth-order valence-electron chi connectivity index (χ4n) is 3.90. The number of amides is 3. The molecule has 3 amide bonds. The van der Waals surface area contributed by atoms with Crippen LogP contribution in [0.1, 0.15) is 47.9 Å². The zero-order valence-electron chi connectivity index (χ0n) is 22.6. The van der Waals surface area contributed by atoms with Crippen LogP contribution in [0.15, 0.2) is 54.9 Å². The molecule has 3 aromatic rings. The second kappa shape index (κ2) is 12.4. The number of hydrogen-bond acceptors (Lipinski definition) is 8. The van der Waals surface area contributed by atoms with Gasteiger partial charge in [-0.25, -0.2) is 14.4 Å². The van der Waals surface area contributed by atoms with Gasteiger partial charge in [-0.2, -0.15) is 5.10 Å². The van der Waals surface area contributed by atoms with Crippen LogP contribution in [0.3, 0.4) is 0 Å². The highest BCUT2D eigenvalue weighted by atomic mass is 35.5. The minimum absolute atomic E-state index is 0.130. The van der Waals surface area contributed by atoms with Gasteiger partial charge >= 0.3 is 12.1 Å². The van der Waals surface area contributed by atoms with E-state index in [0.717, 1.165) is 5.56 Å². The first-order valence-corrected chi connectivity index (χ1v) is 13.1. The predicted molar refractivity (Wildman–Crippen MR) is 146 cm³/mol. The summed E-state index contributed by atoms with van der Waals surface area (Å²) in [6.45, 7) is 5.87. The van der Waals surface area contributed by atoms with E-state index in [1.807, 2.05) is 6.20 Å². The van der Waals surface area contributed by atoms with Gasteiger partial charge in [-0.05, 0) is 57.5 Å². The zero-order valence-corrected chi connectivity index (χ0v) is 23.4. The minimum Gasteiger partial charge on any atom is -0.490 e. The highest BCUT2D eigenvalue weighted by Gasteiger charge is 2.39. The number of imide groups is 1. The molecule has 2 aromatic carbocycles. The highest BCUT2D eigenvalue weighted by molar-refractivity contribution is 6.33. The minimum atomic E-state index is -1.64. The van der Waals surface area contributed by atoms with E-state index in [-0.39, 0.29) is 16.9 Å². The molecule has 2 heterocycles. The van der Waals surface area contributed by atoms with Gasteiger partial charge in [0.2, 0.25) is 6.10 Å². The molecule has 1 atom stereocenters. The van der Waals surface area contributed by atoms with Crippen molar-refractivity contribution in [3.8, 4) is 16.9 Å². The number of carboxylic acid groups (broad SMARTS) is 1.